The van der Waals surface area contributed by atoms with Crippen LogP contribution in [0.5, 0.6) is 0 Å². The summed E-state index contributed by atoms with van der Waals surface area (Å²) in [7, 11) is -4.92. The highest BCUT2D eigenvalue weighted by Crippen LogP contribution is 1.88. The van der Waals surface area contributed by atoms with Crippen LogP contribution < -0.4 is 10.5 Å². The van der Waals surface area contributed by atoms with Crippen LogP contribution in [0.2, 0.25) is 0 Å². The number of nitrogens with zero attached hydrogens (tertiary/aromatic N) is 2. The van der Waals surface area contributed by atoms with E-state index in [4.69, 9.17) is 23.4 Å². The molecule has 7 nitrogen and oxygen atoms in total. The Morgan fingerprint density at radius 1 is 1.57 bits per heavy atom. The monoisotopic (exact) mass is 221 g/mol. The van der Waals surface area contributed by atoms with Crippen LogP contribution in [0, 0.1) is 13.8 Å². The van der Waals surface area contributed by atoms with Crippen molar-refractivity contribution < 1.29 is 22.2 Å². The van der Waals surface area contributed by atoms with Gasteiger partial charge in [-0.2, -0.15) is 0 Å². The fourth-order valence-electron chi connectivity index (χ4n) is 0.658. The second-order valence-corrected chi connectivity index (χ2v) is 3.36. The number of hydrogen-bond donors (Lipinski definition) is 2. The van der Waals surface area contributed by atoms with Crippen molar-refractivity contribution in [2.45, 2.75) is 13.8 Å². The summed E-state index contributed by atoms with van der Waals surface area (Å²) in [4.78, 5) is 3.98. The third-order valence-corrected chi connectivity index (χ3v) is 1.21. The molecule has 0 amide bonds. The first-order chi connectivity index (χ1) is 6.20. The minimum absolute atomic E-state index is 0.995. The predicted molar refractivity (Wildman–Crippen MR) is 46.4 cm³/mol. The third-order valence-electron chi connectivity index (χ3n) is 1.21. The van der Waals surface area contributed by atoms with Crippen molar-refractivity contribution in [3.63, 3.8) is 0 Å². The molecule has 3 N–H and O–H groups in total. The van der Waals surface area contributed by atoms with Gasteiger partial charge >= 0.3 is 6.33 Å². The fraction of sp³-hybridized carbons (Fsp3) is 0.333. The molecule has 0 fully saturated rings. The maximum Gasteiger partial charge on any atom is 0.309 e. The normalized spacial score (nSPS) is 10.3. The standard InChI is InChI=1S/C6H10N3.H2O4S/c1-5-3-6(2)9(7)4-8-5;1-5(2,3)4/h3-4H,7H2,1-2H3;(H2,1,2,3,4)/q+1;/p-1. The van der Waals surface area contributed by atoms with Crippen molar-refractivity contribution in [2.75, 3.05) is 5.84 Å². The van der Waals surface area contributed by atoms with Crippen LogP contribution in [0.4, 0.5) is 0 Å². The second kappa shape index (κ2) is 4.84. The van der Waals surface area contributed by atoms with E-state index in [1.54, 1.807) is 6.33 Å². The molecule has 0 bridgehead atoms. The van der Waals surface area contributed by atoms with Gasteiger partial charge in [-0.15, -0.1) is 4.68 Å². The van der Waals surface area contributed by atoms with E-state index in [-0.39, 0.29) is 0 Å². The summed E-state index contributed by atoms with van der Waals surface area (Å²) in [5.74, 6) is 5.44. The van der Waals surface area contributed by atoms with Gasteiger partial charge in [0.25, 0.3) is 0 Å². The van der Waals surface area contributed by atoms with Gasteiger partial charge in [0.2, 0.25) is 10.4 Å². The van der Waals surface area contributed by atoms with Crippen molar-refractivity contribution in [2.24, 2.45) is 0 Å². The van der Waals surface area contributed by atoms with Gasteiger partial charge in [-0.05, 0) is 0 Å². The summed E-state index contributed by atoms with van der Waals surface area (Å²) in [6.45, 7) is 3.88. The molecule has 0 aromatic carbocycles. The van der Waals surface area contributed by atoms with Gasteiger partial charge in [0.15, 0.2) is 5.69 Å². The van der Waals surface area contributed by atoms with Crippen LogP contribution in [-0.2, 0) is 10.4 Å². The quantitative estimate of drug-likeness (QED) is 0.243. The van der Waals surface area contributed by atoms with Crippen LogP contribution in [0.1, 0.15) is 11.4 Å². The highest BCUT2D eigenvalue weighted by molar-refractivity contribution is 7.79. The van der Waals surface area contributed by atoms with Crippen molar-refractivity contribution in [1.29, 1.82) is 0 Å². The zero-order valence-electron chi connectivity index (χ0n) is 7.71. The Hall–Kier alpha value is -1.25. The fourth-order valence-corrected chi connectivity index (χ4v) is 0.658. The number of rotatable bonds is 0. The van der Waals surface area contributed by atoms with E-state index in [1.807, 2.05) is 19.9 Å². The molecule has 0 aliphatic carbocycles. The van der Waals surface area contributed by atoms with Crippen LogP contribution in [-0.4, -0.2) is 22.5 Å². The van der Waals surface area contributed by atoms with E-state index in [9.17, 15) is 0 Å². The van der Waals surface area contributed by atoms with Crippen molar-refractivity contribution in [3.8, 4) is 0 Å². The molecule has 1 rings (SSSR count). The number of aryl methyl sites for hydroxylation is 2. The maximum absolute atomic E-state index is 8.63. The van der Waals surface area contributed by atoms with Gasteiger partial charge in [-0.25, -0.2) is 8.42 Å². The lowest BCUT2D eigenvalue weighted by Crippen LogP contribution is -2.47. The van der Waals surface area contributed by atoms with Gasteiger partial charge in [-0.1, -0.05) is 4.98 Å². The van der Waals surface area contributed by atoms with E-state index in [0.717, 1.165) is 11.4 Å². The third kappa shape index (κ3) is 7.40. The molecular weight excluding hydrogens is 210 g/mol. The lowest BCUT2D eigenvalue weighted by atomic mass is 10.4. The van der Waals surface area contributed by atoms with E-state index < -0.39 is 10.4 Å². The van der Waals surface area contributed by atoms with E-state index in [2.05, 4.69) is 4.98 Å². The Bertz CT molecular complexity index is 396. The molecule has 0 aliphatic heterocycles. The van der Waals surface area contributed by atoms with Crippen molar-refractivity contribution in [3.05, 3.63) is 23.8 Å². The molecule has 0 saturated heterocycles. The predicted octanol–water partition coefficient (Wildman–Crippen LogP) is -1.30. The molecule has 0 radical (unpaired) electrons. The summed E-state index contributed by atoms with van der Waals surface area (Å²) >= 11 is 0. The van der Waals surface area contributed by atoms with Crippen molar-refractivity contribution >= 4 is 10.4 Å². The lowest BCUT2D eigenvalue weighted by Gasteiger charge is -1.91. The smallest absolute Gasteiger partial charge is 0.309 e. The Morgan fingerprint density at radius 2 is 2.00 bits per heavy atom. The molecule has 0 aliphatic rings. The molecule has 0 saturated carbocycles. The van der Waals surface area contributed by atoms with Crippen LogP contribution in [0.25, 0.3) is 0 Å². The largest absolute Gasteiger partial charge is 0.726 e. The van der Waals surface area contributed by atoms with Gasteiger partial charge in [0.1, 0.15) is 5.69 Å². The number of nitrogen functional groups attached to an aromatic ring is 1. The van der Waals surface area contributed by atoms with Crippen LogP contribution >= 0.6 is 0 Å². The molecule has 1 aromatic heterocycles. The highest BCUT2D eigenvalue weighted by atomic mass is 32.3. The molecule has 1 heterocycles. The average Bonchev–Trinajstić information content (AvgIpc) is 1.94. The molecular formula is C6H11N3O4S. The summed E-state index contributed by atoms with van der Waals surface area (Å²) in [6.07, 6.45) is 1.60. The van der Waals surface area contributed by atoms with E-state index in [0.29, 0.717) is 0 Å². The van der Waals surface area contributed by atoms with Gasteiger partial charge in [0, 0.05) is 19.9 Å². The molecule has 14 heavy (non-hydrogen) atoms. The Morgan fingerprint density at radius 3 is 2.29 bits per heavy atom. The first kappa shape index (κ1) is 12.8. The van der Waals surface area contributed by atoms with Gasteiger partial charge in [0.05, 0.1) is 0 Å². The van der Waals surface area contributed by atoms with Gasteiger partial charge < -0.3 is 4.55 Å². The molecule has 1 aromatic rings. The van der Waals surface area contributed by atoms with Gasteiger partial charge in [-0.3, -0.25) is 10.4 Å². The average molecular weight is 221 g/mol. The number of aromatic nitrogens is 2. The Labute approximate surface area is 81.8 Å². The minimum atomic E-state index is -4.92. The minimum Gasteiger partial charge on any atom is -0.726 e. The second-order valence-electron chi connectivity index (χ2n) is 2.51. The van der Waals surface area contributed by atoms with Crippen LogP contribution in [0.15, 0.2) is 12.4 Å². The lowest BCUT2D eigenvalue weighted by molar-refractivity contribution is -0.648. The molecule has 8 heteroatoms. The molecule has 0 spiro atoms. The van der Waals surface area contributed by atoms with Crippen LogP contribution in [0.3, 0.4) is 0 Å². The number of nitrogens with two attached hydrogens (primary N) is 1. The Kier molecular flexibility index (Phi) is 4.41. The summed E-state index contributed by atoms with van der Waals surface area (Å²) in [6, 6.07) is 1.93. The Balaban J connectivity index is 0.000000292. The first-order valence-corrected chi connectivity index (χ1v) is 4.85. The highest BCUT2D eigenvalue weighted by Gasteiger charge is 1.98. The zero-order valence-corrected chi connectivity index (χ0v) is 8.52. The summed E-state index contributed by atoms with van der Waals surface area (Å²) < 4.78 is 34.3. The zero-order chi connectivity index (χ0) is 11.4. The summed E-state index contributed by atoms with van der Waals surface area (Å²) in [5.41, 5.74) is 2.01. The molecule has 80 valence electrons. The van der Waals surface area contributed by atoms with Crippen molar-refractivity contribution in [1.82, 2.24) is 4.98 Å². The topological polar surface area (TPSA) is 120 Å². The first-order valence-electron chi connectivity index (χ1n) is 3.48. The van der Waals surface area contributed by atoms with E-state index >= 15 is 0 Å². The maximum atomic E-state index is 8.63. The molecule has 0 unspecified atom stereocenters. The summed E-state index contributed by atoms with van der Waals surface area (Å²) in [5, 5.41) is 0. The SMILES string of the molecule is Cc1cc(C)[n+](N)cn1.O=S(=O)([O-])O. The number of hydrogen-bond acceptors (Lipinski definition) is 5. The molecule has 0 atom stereocenters. The van der Waals surface area contributed by atoms with E-state index in [1.165, 1.54) is 4.68 Å².